The number of benzene rings is 1. The molecule has 0 saturated carbocycles. The molecule has 1 heteroatoms. The molecule has 1 unspecified atom stereocenters. The minimum Gasteiger partial charge on any atom is -0.310 e. The maximum atomic E-state index is 3.50. The lowest BCUT2D eigenvalue weighted by Gasteiger charge is -2.13. The van der Waals surface area contributed by atoms with Gasteiger partial charge in [-0.15, -0.1) is 0 Å². The van der Waals surface area contributed by atoms with Crippen LogP contribution in [0.25, 0.3) is 0 Å². The van der Waals surface area contributed by atoms with Crippen LogP contribution in [0.3, 0.4) is 0 Å². The molecule has 0 aliphatic rings. The van der Waals surface area contributed by atoms with Gasteiger partial charge in [-0.2, -0.15) is 0 Å². The molecule has 15 heavy (non-hydrogen) atoms. The molecule has 1 rings (SSSR count). The van der Waals surface area contributed by atoms with E-state index < -0.39 is 0 Å². The van der Waals surface area contributed by atoms with E-state index in [4.69, 9.17) is 0 Å². The smallest absolute Gasteiger partial charge is 0.0291 e. The maximum absolute atomic E-state index is 3.50. The van der Waals surface area contributed by atoms with Gasteiger partial charge in [0.2, 0.25) is 0 Å². The fraction of sp³-hybridized carbons (Fsp3) is 0.429. The summed E-state index contributed by atoms with van der Waals surface area (Å²) in [6.45, 7) is 7.43. The van der Waals surface area contributed by atoms with Gasteiger partial charge < -0.3 is 5.32 Å². The zero-order valence-corrected chi connectivity index (χ0v) is 9.96. The number of hydrogen-bond donors (Lipinski definition) is 1. The zero-order valence-electron chi connectivity index (χ0n) is 9.96. The van der Waals surface area contributed by atoms with Crippen LogP contribution in [0.2, 0.25) is 0 Å². The third-order valence-electron chi connectivity index (χ3n) is 2.57. The van der Waals surface area contributed by atoms with E-state index in [-0.39, 0.29) is 0 Å². The molecule has 0 heterocycles. The summed E-state index contributed by atoms with van der Waals surface area (Å²) in [5, 5.41) is 3.50. The van der Waals surface area contributed by atoms with Gasteiger partial charge in [0.15, 0.2) is 0 Å². The lowest BCUT2D eigenvalue weighted by molar-refractivity contribution is 0.581. The summed E-state index contributed by atoms with van der Waals surface area (Å²) in [5.41, 5.74) is 2.68. The van der Waals surface area contributed by atoms with Crippen molar-refractivity contribution in [3.05, 3.63) is 47.5 Å². The van der Waals surface area contributed by atoms with Gasteiger partial charge in [-0.1, -0.05) is 42.0 Å². The average Bonchev–Trinajstić information content (AvgIpc) is 2.25. The molecule has 0 fully saturated rings. The predicted molar refractivity (Wildman–Crippen MR) is 67.0 cm³/mol. The third kappa shape index (κ3) is 4.30. The Hall–Kier alpha value is -1.08. The summed E-state index contributed by atoms with van der Waals surface area (Å²) in [6.07, 6.45) is 5.39. The molecule has 1 nitrogen and oxygen atoms in total. The van der Waals surface area contributed by atoms with Gasteiger partial charge in [0, 0.05) is 6.04 Å². The minimum atomic E-state index is 0.441. The number of hydrogen-bond acceptors (Lipinski definition) is 1. The predicted octanol–water partition coefficient (Wildman–Crippen LogP) is 3.61. The van der Waals surface area contributed by atoms with Gasteiger partial charge in [0.1, 0.15) is 0 Å². The first-order valence-electron chi connectivity index (χ1n) is 5.65. The molecule has 0 aromatic heterocycles. The van der Waals surface area contributed by atoms with Crippen LogP contribution in [0.5, 0.6) is 0 Å². The Morgan fingerprint density at radius 2 is 1.93 bits per heavy atom. The molecule has 0 aliphatic heterocycles. The highest BCUT2D eigenvalue weighted by Gasteiger charge is 2.02. The summed E-state index contributed by atoms with van der Waals surface area (Å²) in [7, 11) is 0. The summed E-state index contributed by atoms with van der Waals surface area (Å²) in [6, 6.07) is 9.17. The van der Waals surface area contributed by atoms with E-state index in [0.29, 0.717) is 6.04 Å². The van der Waals surface area contributed by atoms with Crippen LogP contribution >= 0.6 is 0 Å². The van der Waals surface area contributed by atoms with Crippen molar-refractivity contribution in [2.24, 2.45) is 0 Å². The molecular formula is C14H21N. The molecule has 0 radical (unpaired) electrons. The van der Waals surface area contributed by atoms with Crippen molar-refractivity contribution < 1.29 is 0 Å². The van der Waals surface area contributed by atoms with Crippen LogP contribution in [0.1, 0.15) is 37.4 Å². The van der Waals surface area contributed by atoms with Gasteiger partial charge >= 0.3 is 0 Å². The van der Waals surface area contributed by atoms with Crippen molar-refractivity contribution in [3.63, 3.8) is 0 Å². The van der Waals surface area contributed by atoms with E-state index in [1.807, 2.05) is 0 Å². The third-order valence-corrected chi connectivity index (χ3v) is 2.57. The normalized spacial score (nSPS) is 13.3. The van der Waals surface area contributed by atoms with Gasteiger partial charge in [-0.3, -0.25) is 0 Å². The van der Waals surface area contributed by atoms with Crippen molar-refractivity contribution >= 4 is 0 Å². The molecule has 0 saturated heterocycles. The zero-order chi connectivity index (χ0) is 11.1. The second-order valence-electron chi connectivity index (χ2n) is 3.94. The van der Waals surface area contributed by atoms with Crippen LogP contribution in [0.15, 0.2) is 36.4 Å². The summed E-state index contributed by atoms with van der Waals surface area (Å²) >= 11 is 0. The molecule has 1 aromatic rings. The van der Waals surface area contributed by atoms with E-state index in [1.165, 1.54) is 11.1 Å². The van der Waals surface area contributed by atoms with Gasteiger partial charge in [0.05, 0.1) is 0 Å². The first-order valence-corrected chi connectivity index (χ1v) is 5.65. The first kappa shape index (κ1) is 12.0. The van der Waals surface area contributed by atoms with Crippen LogP contribution in [-0.2, 0) is 0 Å². The number of nitrogens with one attached hydrogen (secondary N) is 1. The van der Waals surface area contributed by atoms with Crippen LogP contribution in [0, 0.1) is 6.92 Å². The standard InChI is InChI=1S/C14H21N/c1-4-5-6-11-15-13(3)14-9-7-12(2)8-10-14/h4-5,7-10,13,15H,6,11H2,1-3H3/b5-4+. The SMILES string of the molecule is C/C=C/CCNC(C)c1ccc(C)cc1. The summed E-state index contributed by atoms with van der Waals surface area (Å²) in [5.74, 6) is 0. The number of allylic oxidation sites excluding steroid dienone is 1. The number of aryl methyl sites for hydroxylation is 1. The second kappa shape index (κ2) is 6.41. The molecule has 0 amide bonds. The molecule has 0 spiro atoms. The van der Waals surface area contributed by atoms with Crippen molar-refractivity contribution in [2.75, 3.05) is 6.54 Å². The molecule has 0 aliphatic carbocycles. The van der Waals surface area contributed by atoms with Crippen molar-refractivity contribution in [2.45, 2.75) is 33.2 Å². The van der Waals surface area contributed by atoms with Crippen LogP contribution in [-0.4, -0.2) is 6.54 Å². The monoisotopic (exact) mass is 203 g/mol. The second-order valence-corrected chi connectivity index (χ2v) is 3.94. The van der Waals surface area contributed by atoms with Crippen LogP contribution < -0.4 is 5.32 Å². The van der Waals surface area contributed by atoms with Crippen molar-refractivity contribution in [1.29, 1.82) is 0 Å². The molecule has 1 N–H and O–H groups in total. The molecular weight excluding hydrogens is 182 g/mol. The lowest BCUT2D eigenvalue weighted by Crippen LogP contribution is -2.19. The Labute approximate surface area is 93.2 Å². The van der Waals surface area contributed by atoms with Gasteiger partial charge in [-0.05, 0) is 39.3 Å². The van der Waals surface area contributed by atoms with Gasteiger partial charge in [0.25, 0.3) is 0 Å². The minimum absolute atomic E-state index is 0.441. The van der Waals surface area contributed by atoms with Crippen molar-refractivity contribution in [3.8, 4) is 0 Å². The fourth-order valence-electron chi connectivity index (χ4n) is 1.52. The molecule has 82 valence electrons. The van der Waals surface area contributed by atoms with E-state index in [9.17, 15) is 0 Å². The summed E-state index contributed by atoms with van der Waals surface area (Å²) in [4.78, 5) is 0. The van der Waals surface area contributed by atoms with Gasteiger partial charge in [-0.25, -0.2) is 0 Å². The van der Waals surface area contributed by atoms with E-state index in [2.05, 4.69) is 62.5 Å². The Morgan fingerprint density at radius 3 is 2.53 bits per heavy atom. The first-order chi connectivity index (χ1) is 7.24. The highest BCUT2D eigenvalue weighted by molar-refractivity contribution is 5.23. The lowest BCUT2D eigenvalue weighted by atomic mass is 10.1. The maximum Gasteiger partial charge on any atom is 0.0291 e. The summed E-state index contributed by atoms with van der Waals surface area (Å²) < 4.78 is 0. The van der Waals surface area contributed by atoms with E-state index >= 15 is 0 Å². The quantitative estimate of drug-likeness (QED) is 0.569. The highest BCUT2D eigenvalue weighted by atomic mass is 14.9. The Morgan fingerprint density at radius 1 is 1.27 bits per heavy atom. The Kier molecular flexibility index (Phi) is 5.13. The molecule has 1 aromatic carbocycles. The average molecular weight is 203 g/mol. The number of rotatable bonds is 5. The highest BCUT2D eigenvalue weighted by Crippen LogP contribution is 2.12. The largest absolute Gasteiger partial charge is 0.310 e. The topological polar surface area (TPSA) is 12.0 Å². The molecule has 1 atom stereocenters. The Balaban J connectivity index is 2.39. The van der Waals surface area contributed by atoms with E-state index in [1.54, 1.807) is 0 Å². The Bertz CT molecular complexity index is 298. The van der Waals surface area contributed by atoms with Crippen molar-refractivity contribution in [1.82, 2.24) is 5.32 Å². The van der Waals surface area contributed by atoms with E-state index in [0.717, 1.165) is 13.0 Å². The molecule has 0 bridgehead atoms. The van der Waals surface area contributed by atoms with Crippen LogP contribution in [0.4, 0.5) is 0 Å². The fourth-order valence-corrected chi connectivity index (χ4v) is 1.52.